The highest BCUT2D eigenvalue weighted by molar-refractivity contribution is 5.60. The summed E-state index contributed by atoms with van der Waals surface area (Å²) in [6, 6.07) is 13.7. The summed E-state index contributed by atoms with van der Waals surface area (Å²) in [4.78, 5) is 5.77. The second-order valence-electron chi connectivity index (χ2n) is 3.49. The van der Waals surface area contributed by atoms with Crippen molar-refractivity contribution in [3.8, 4) is 16.9 Å². The fraction of sp³-hybridized carbons (Fsp3) is 0. The van der Waals surface area contributed by atoms with Crippen LogP contribution in [0.15, 0.2) is 55.0 Å². The number of aromatic nitrogens is 5. The maximum absolute atomic E-state index is 4.29. The number of rotatable bonds is 2. The lowest BCUT2D eigenvalue weighted by molar-refractivity contribution is 0.720. The van der Waals surface area contributed by atoms with Crippen LogP contribution in [0.5, 0.6) is 0 Å². The maximum atomic E-state index is 4.29. The summed E-state index contributed by atoms with van der Waals surface area (Å²) in [7, 11) is 0. The zero-order valence-electron chi connectivity index (χ0n) is 8.93. The van der Waals surface area contributed by atoms with Gasteiger partial charge in [0.05, 0.1) is 11.4 Å². The van der Waals surface area contributed by atoms with E-state index >= 15 is 0 Å². The molecule has 0 aliphatic carbocycles. The van der Waals surface area contributed by atoms with Gasteiger partial charge in [0.1, 0.15) is 0 Å². The monoisotopic (exact) mass is 223 g/mol. The molecule has 0 fully saturated rings. The van der Waals surface area contributed by atoms with Gasteiger partial charge in [-0.1, -0.05) is 18.2 Å². The van der Waals surface area contributed by atoms with Gasteiger partial charge in [-0.25, -0.2) is 0 Å². The highest BCUT2D eigenvalue weighted by Gasteiger charge is 2.00. The summed E-state index contributed by atoms with van der Waals surface area (Å²) < 4.78 is 0. The maximum Gasteiger partial charge on any atom is 0.162 e. The minimum Gasteiger partial charge on any atom is -0.256 e. The van der Waals surface area contributed by atoms with Gasteiger partial charge in [0.25, 0.3) is 0 Å². The molecule has 1 aromatic carbocycles. The molecule has 0 saturated heterocycles. The number of tetrazole rings is 1. The van der Waals surface area contributed by atoms with E-state index in [1.165, 1.54) is 11.1 Å². The number of benzene rings is 1. The van der Waals surface area contributed by atoms with Crippen LogP contribution in [-0.2, 0) is 0 Å². The van der Waals surface area contributed by atoms with Gasteiger partial charge in [-0.2, -0.15) is 0 Å². The quantitative estimate of drug-likeness (QED) is 0.663. The average molecular weight is 223 g/mol. The lowest BCUT2D eigenvalue weighted by Crippen LogP contribution is -1.98. The Labute approximate surface area is 97.7 Å². The minimum atomic E-state index is 0.877. The molecule has 0 aliphatic rings. The Morgan fingerprint density at radius 2 is 1.82 bits per heavy atom. The molecule has 0 atom stereocenters. The van der Waals surface area contributed by atoms with E-state index in [1.54, 1.807) is 6.20 Å². The Morgan fingerprint density at radius 3 is 2.47 bits per heavy atom. The van der Waals surface area contributed by atoms with Gasteiger partial charge in [-0.05, 0) is 29.5 Å². The molecule has 5 heteroatoms. The van der Waals surface area contributed by atoms with Crippen LogP contribution in [0.2, 0.25) is 0 Å². The molecule has 3 rings (SSSR count). The van der Waals surface area contributed by atoms with E-state index in [9.17, 15) is 0 Å². The van der Waals surface area contributed by atoms with E-state index in [1.807, 2.05) is 42.5 Å². The summed E-state index contributed by atoms with van der Waals surface area (Å²) in [5.41, 5.74) is 2.89. The van der Waals surface area contributed by atoms with Crippen molar-refractivity contribution in [2.45, 2.75) is 0 Å². The molecule has 0 N–H and O–H groups in total. The van der Waals surface area contributed by atoms with Gasteiger partial charge in [0, 0.05) is 11.8 Å². The highest BCUT2D eigenvalue weighted by atomic mass is 15.6. The van der Waals surface area contributed by atoms with Crippen molar-refractivity contribution in [2.24, 2.45) is 0 Å². The van der Waals surface area contributed by atoms with Crippen LogP contribution < -0.4 is 0 Å². The van der Waals surface area contributed by atoms with Gasteiger partial charge >= 0.3 is 0 Å². The third kappa shape index (κ3) is 1.90. The summed E-state index contributed by atoms with van der Waals surface area (Å²) in [5.74, 6) is 0. The largest absolute Gasteiger partial charge is 0.256 e. The van der Waals surface area contributed by atoms with Gasteiger partial charge in [-0.15, -0.1) is 15.0 Å². The van der Waals surface area contributed by atoms with Gasteiger partial charge < -0.3 is 0 Å². The van der Waals surface area contributed by atoms with Crippen LogP contribution in [0.1, 0.15) is 0 Å². The van der Waals surface area contributed by atoms with Gasteiger partial charge in [-0.3, -0.25) is 4.98 Å². The third-order valence-corrected chi connectivity index (χ3v) is 2.41. The second-order valence-corrected chi connectivity index (χ2v) is 3.49. The molecule has 17 heavy (non-hydrogen) atoms. The predicted molar refractivity (Wildman–Crippen MR) is 62.4 cm³/mol. The van der Waals surface area contributed by atoms with Crippen LogP contribution in [0.25, 0.3) is 16.9 Å². The van der Waals surface area contributed by atoms with Crippen molar-refractivity contribution in [3.05, 3.63) is 55.0 Å². The Bertz CT molecular complexity index is 587. The van der Waals surface area contributed by atoms with E-state index in [-0.39, 0.29) is 0 Å². The SMILES string of the molecule is c1ccc(-c2ccc(-n3ncnn3)cc2)nc1. The molecule has 3 aromatic rings. The van der Waals surface area contributed by atoms with E-state index < -0.39 is 0 Å². The van der Waals surface area contributed by atoms with Crippen LogP contribution in [0.4, 0.5) is 0 Å². The van der Waals surface area contributed by atoms with E-state index in [4.69, 9.17) is 0 Å². The van der Waals surface area contributed by atoms with Crippen molar-refractivity contribution in [1.82, 2.24) is 25.2 Å². The molecule has 0 saturated carbocycles. The smallest absolute Gasteiger partial charge is 0.162 e. The Morgan fingerprint density at radius 1 is 0.941 bits per heavy atom. The number of pyridine rings is 1. The predicted octanol–water partition coefficient (Wildman–Crippen LogP) is 1.72. The first kappa shape index (κ1) is 9.65. The number of nitrogens with zero attached hydrogens (tertiary/aromatic N) is 5. The lowest BCUT2D eigenvalue weighted by Gasteiger charge is -2.02. The zero-order chi connectivity index (χ0) is 11.5. The van der Waals surface area contributed by atoms with Gasteiger partial charge in [0.2, 0.25) is 0 Å². The van der Waals surface area contributed by atoms with Crippen LogP contribution in [0, 0.1) is 0 Å². The highest BCUT2D eigenvalue weighted by Crippen LogP contribution is 2.17. The first-order valence-electron chi connectivity index (χ1n) is 5.18. The molecule has 82 valence electrons. The summed E-state index contributed by atoms with van der Waals surface area (Å²) in [5, 5.41) is 11.5. The number of hydrogen-bond acceptors (Lipinski definition) is 4. The summed E-state index contributed by atoms with van der Waals surface area (Å²) in [6.07, 6.45) is 3.19. The average Bonchev–Trinajstić information content (AvgIpc) is 2.94. The zero-order valence-corrected chi connectivity index (χ0v) is 8.93. The Kier molecular flexibility index (Phi) is 2.34. The normalized spacial score (nSPS) is 10.4. The molecular formula is C12H9N5. The summed E-state index contributed by atoms with van der Waals surface area (Å²) >= 11 is 0. The van der Waals surface area contributed by atoms with Crippen LogP contribution in [-0.4, -0.2) is 25.2 Å². The Balaban J connectivity index is 1.96. The number of hydrogen-bond donors (Lipinski definition) is 0. The van der Waals surface area contributed by atoms with Crippen molar-refractivity contribution < 1.29 is 0 Å². The van der Waals surface area contributed by atoms with Crippen molar-refractivity contribution in [2.75, 3.05) is 0 Å². The topological polar surface area (TPSA) is 56.5 Å². The molecule has 0 amide bonds. The molecular weight excluding hydrogens is 214 g/mol. The Hall–Kier alpha value is -2.56. The van der Waals surface area contributed by atoms with Crippen molar-refractivity contribution in [3.63, 3.8) is 0 Å². The standard InChI is InChI=1S/C12H9N5/c1-2-8-13-12(3-1)10-4-6-11(7-5-10)17-15-9-14-16-17/h1-9H. The second kappa shape index (κ2) is 4.13. The van der Waals surface area contributed by atoms with Crippen molar-refractivity contribution >= 4 is 0 Å². The fourth-order valence-corrected chi connectivity index (χ4v) is 1.58. The first-order chi connectivity index (χ1) is 8.43. The first-order valence-corrected chi connectivity index (χ1v) is 5.18. The molecule has 0 spiro atoms. The van der Waals surface area contributed by atoms with Crippen LogP contribution >= 0.6 is 0 Å². The molecule has 0 radical (unpaired) electrons. The molecule has 0 unspecified atom stereocenters. The molecule has 0 aliphatic heterocycles. The molecule has 2 heterocycles. The van der Waals surface area contributed by atoms with Crippen LogP contribution in [0.3, 0.4) is 0 Å². The van der Waals surface area contributed by atoms with E-state index in [0.29, 0.717) is 0 Å². The molecule has 0 bridgehead atoms. The molecule has 5 nitrogen and oxygen atoms in total. The van der Waals surface area contributed by atoms with Crippen molar-refractivity contribution in [1.29, 1.82) is 0 Å². The minimum absolute atomic E-state index is 0.877. The summed E-state index contributed by atoms with van der Waals surface area (Å²) in [6.45, 7) is 0. The molecule has 2 aromatic heterocycles. The van der Waals surface area contributed by atoms with E-state index in [2.05, 4.69) is 20.4 Å². The fourth-order valence-electron chi connectivity index (χ4n) is 1.58. The lowest BCUT2D eigenvalue weighted by atomic mass is 10.1. The van der Waals surface area contributed by atoms with E-state index in [0.717, 1.165) is 16.9 Å². The third-order valence-electron chi connectivity index (χ3n) is 2.41. The van der Waals surface area contributed by atoms with Gasteiger partial charge in [0.15, 0.2) is 6.33 Å².